The first kappa shape index (κ1) is 16.3. The molecule has 3 rings (SSSR count). The third-order valence-corrected chi connectivity index (χ3v) is 3.87. The topological polar surface area (TPSA) is 69.2 Å². The maximum absolute atomic E-state index is 12.9. The lowest BCUT2D eigenvalue weighted by Gasteiger charge is -2.04. The number of nitrogens with two attached hydrogens (primary N) is 1. The standard InChI is InChI=1S/C16H13F2N3O2S/c17-16(18)22-13-7-6-12(8-14(13)23-16)9-20-21-15(19)24-10-11-4-2-1-3-5-11/h1-9H,10H2,(H2,19,21). The first-order valence-electron chi connectivity index (χ1n) is 6.95. The molecule has 5 nitrogen and oxygen atoms in total. The van der Waals surface area contributed by atoms with Crippen molar-refractivity contribution in [3.63, 3.8) is 0 Å². The van der Waals surface area contributed by atoms with Crippen molar-refractivity contribution < 1.29 is 18.3 Å². The minimum Gasteiger partial charge on any atom is -0.395 e. The molecular weight excluding hydrogens is 336 g/mol. The second kappa shape index (κ2) is 6.88. The van der Waals surface area contributed by atoms with Gasteiger partial charge in [-0.15, -0.1) is 13.9 Å². The van der Waals surface area contributed by atoms with Crippen LogP contribution in [0.25, 0.3) is 0 Å². The molecule has 0 aliphatic carbocycles. The van der Waals surface area contributed by atoms with Crippen LogP contribution < -0.4 is 15.2 Å². The minimum atomic E-state index is -3.63. The Morgan fingerprint density at radius 2 is 1.88 bits per heavy atom. The number of amidine groups is 1. The summed E-state index contributed by atoms with van der Waals surface area (Å²) in [6.07, 6.45) is -2.23. The van der Waals surface area contributed by atoms with E-state index in [9.17, 15) is 8.78 Å². The van der Waals surface area contributed by atoms with Crippen LogP contribution in [0, 0.1) is 0 Å². The molecule has 0 saturated carbocycles. The van der Waals surface area contributed by atoms with E-state index in [-0.39, 0.29) is 11.5 Å². The predicted molar refractivity (Wildman–Crippen MR) is 89.6 cm³/mol. The number of benzene rings is 2. The number of hydrogen-bond acceptors (Lipinski definition) is 5. The molecule has 0 unspecified atom stereocenters. The van der Waals surface area contributed by atoms with Gasteiger partial charge in [0.2, 0.25) is 0 Å². The molecule has 0 spiro atoms. The second-order valence-electron chi connectivity index (χ2n) is 4.83. The first-order valence-corrected chi connectivity index (χ1v) is 7.93. The van der Waals surface area contributed by atoms with Crippen LogP contribution in [0.15, 0.2) is 58.7 Å². The van der Waals surface area contributed by atoms with E-state index < -0.39 is 6.29 Å². The molecule has 1 aliphatic heterocycles. The molecule has 0 bridgehead atoms. The summed E-state index contributed by atoms with van der Waals surface area (Å²) in [4.78, 5) is 0. The van der Waals surface area contributed by atoms with Gasteiger partial charge in [0.05, 0.1) is 6.21 Å². The number of fused-ring (bicyclic) bond motifs is 1. The maximum Gasteiger partial charge on any atom is 0.586 e. The molecular formula is C16H13F2N3O2S. The molecule has 0 amide bonds. The smallest absolute Gasteiger partial charge is 0.395 e. The van der Waals surface area contributed by atoms with Crippen LogP contribution in [-0.4, -0.2) is 17.7 Å². The van der Waals surface area contributed by atoms with Gasteiger partial charge in [-0.2, -0.15) is 5.10 Å². The zero-order chi connectivity index (χ0) is 17.0. The van der Waals surface area contributed by atoms with Crippen molar-refractivity contribution in [2.24, 2.45) is 15.9 Å². The number of hydrogen-bond donors (Lipinski definition) is 1. The van der Waals surface area contributed by atoms with Crippen LogP contribution in [0.1, 0.15) is 11.1 Å². The van der Waals surface area contributed by atoms with Gasteiger partial charge in [0.25, 0.3) is 0 Å². The predicted octanol–water partition coefficient (Wildman–Crippen LogP) is 3.59. The highest BCUT2D eigenvalue weighted by Crippen LogP contribution is 2.40. The van der Waals surface area contributed by atoms with Crippen LogP contribution in [0.4, 0.5) is 8.78 Å². The highest BCUT2D eigenvalue weighted by atomic mass is 32.2. The Bertz CT molecular complexity index is 782. The fourth-order valence-electron chi connectivity index (χ4n) is 1.96. The van der Waals surface area contributed by atoms with Crippen molar-refractivity contribution in [2.45, 2.75) is 12.0 Å². The normalized spacial score (nSPS) is 15.8. The van der Waals surface area contributed by atoms with Gasteiger partial charge in [-0.25, -0.2) is 0 Å². The van der Waals surface area contributed by atoms with Crippen LogP contribution in [0.3, 0.4) is 0 Å². The molecule has 2 aromatic rings. The fourth-order valence-corrected chi connectivity index (χ4v) is 2.57. The van der Waals surface area contributed by atoms with E-state index in [1.807, 2.05) is 30.3 Å². The quantitative estimate of drug-likeness (QED) is 0.520. The summed E-state index contributed by atoms with van der Waals surface area (Å²) >= 11 is 1.35. The summed E-state index contributed by atoms with van der Waals surface area (Å²) in [6.45, 7) is 0. The van der Waals surface area contributed by atoms with Gasteiger partial charge < -0.3 is 15.2 Å². The number of rotatable bonds is 4. The van der Waals surface area contributed by atoms with Gasteiger partial charge in [0, 0.05) is 5.75 Å². The van der Waals surface area contributed by atoms with Crippen LogP contribution in [-0.2, 0) is 5.75 Å². The van der Waals surface area contributed by atoms with Crippen LogP contribution >= 0.6 is 11.8 Å². The Hall–Kier alpha value is -2.61. The molecule has 0 atom stereocenters. The Morgan fingerprint density at radius 1 is 1.12 bits per heavy atom. The summed E-state index contributed by atoms with van der Waals surface area (Å²) in [5.74, 6) is 0.628. The Kier molecular flexibility index (Phi) is 4.66. The molecule has 2 aromatic carbocycles. The molecule has 0 fully saturated rings. The van der Waals surface area contributed by atoms with Gasteiger partial charge >= 0.3 is 6.29 Å². The Balaban J connectivity index is 1.58. The van der Waals surface area contributed by atoms with Crippen molar-refractivity contribution in [3.8, 4) is 11.5 Å². The molecule has 0 saturated heterocycles. The van der Waals surface area contributed by atoms with Gasteiger partial charge in [-0.3, -0.25) is 0 Å². The van der Waals surface area contributed by atoms with E-state index in [1.54, 1.807) is 6.07 Å². The summed E-state index contributed by atoms with van der Waals surface area (Å²) in [5, 5.41) is 8.02. The highest BCUT2D eigenvalue weighted by Gasteiger charge is 2.43. The number of halogens is 2. The van der Waals surface area contributed by atoms with E-state index in [0.717, 1.165) is 5.56 Å². The molecule has 1 heterocycles. The lowest BCUT2D eigenvalue weighted by molar-refractivity contribution is -0.286. The number of alkyl halides is 2. The molecule has 24 heavy (non-hydrogen) atoms. The van der Waals surface area contributed by atoms with Gasteiger partial charge in [-0.05, 0) is 29.3 Å². The lowest BCUT2D eigenvalue weighted by atomic mass is 10.2. The third kappa shape index (κ3) is 4.23. The molecule has 8 heteroatoms. The van der Waals surface area contributed by atoms with E-state index in [0.29, 0.717) is 16.5 Å². The highest BCUT2D eigenvalue weighted by molar-refractivity contribution is 8.13. The SMILES string of the molecule is NC(=NN=Cc1ccc2c(c1)OC(F)(F)O2)SCc1ccccc1. The zero-order valence-corrected chi connectivity index (χ0v) is 13.2. The number of ether oxygens (including phenoxy) is 2. The maximum atomic E-state index is 12.9. The monoisotopic (exact) mass is 349 g/mol. The van der Waals surface area contributed by atoms with Crippen molar-refractivity contribution in [3.05, 3.63) is 59.7 Å². The summed E-state index contributed by atoms with van der Waals surface area (Å²) in [6, 6.07) is 14.2. The largest absolute Gasteiger partial charge is 0.586 e. The van der Waals surface area contributed by atoms with Crippen molar-refractivity contribution >= 4 is 23.1 Å². The average Bonchev–Trinajstić information content (AvgIpc) is 2.87. The van der Waals surface area contributed by atoms with Crippen LogP contribution in [0.2, 0.25) is 0 Å². The molecule has 0 aromatic heterocycles. The Labute approximate surface area is 141 Å². The Morgan fingerprint density at radius 3 is 2.67 bits per heavy atom. The van der Waals surface area contributed by atoms with Crippen molar-refractivity contribution in [2.75, 3.05) is 0 Å². The number of nitrogens with zero attached hydrogens (tertiary/aromatic N) is 2. The summed E-state index contributed by atoms with van der Waals surface area (Å²) in [5.41, 5.74) is 7.43. The van der Waals surface area contributed by atoms with Crippen molar-refractivity contribution in [1.82, 2.24) is 0 Å². The lowest BCUT2D eigenvalue weighted by Crippen LogP contribution is -2.25. The average molecular weight is 349 g/mol. The third-order valence-electron chi connectivity index (χ3n) is 3.02. The molecule has 2 N–H and O–H groups in total. The number of thioether (sulfide) groups is 1. The molecule has 1 aliphatic rings. The zero-order valence-electron chi connectivity index (χ0n) is 12.4. The minimum absolute atomic E-state index is 0.0152. The molecule has 124 valence electrons. The van der Waals surface area contributed by atoms with E-state index in [2.05, 4.69) is 19.7 Å². The van der Waals surface area contributed by atoms with Crippen molar-refractivity contribution in [1.29, 1.82) is 0 Å². The van der Waals surface area contributed by atoms with E-state index in [1.165, 1.54) is 30.1 Å². The first-order chi connectivity index (χ1) is 11.5. The van der Waals surface area contributed by atoms with Gasteiger partial charge in [-0.1, -0.05) is 42.1 Å². The van der Waals surface area contributed by atoms with Gasteiger partial charge in [0.1, 0.15) is 0 Å². The summed E-state index contributed by atoms with van der Waals surface area (Å²) in [7, 11) is 0. The fraction of sp³-hybridized carbons (Fsp3) is 0.125. The van der Waals surface area contributed by atoms with Crippen LogP contribution in [0.5, 0.6) is 11.5 Å². The molecule has 0 radical (unpaired) electrons. The van der Waals surface area contributed by atoms with E-state index in [4.69, 9.17) is 5.73 Å². The second-order valence-corrected chi connectivity index (χ2v) is 5.83. The van der Waals surface area contributed by atoms with E-state index >= 15 is 0 Å². The summed E-state index contributed by atoms with van der Waals surface area (Å²) < 4.78 is 34.5. The van der Waals surface area contributed by atoms with Gasteiger partial charge in [0.15, 0.2) is 16.7 Å².